The summed E-state index contributed by atoms with van der Waals surface area (Å²) >= 11 is 0. The Balaban J connectivity index is 1.99. The lowest BCUT2D eigenvalue weighted by Crippen LogP contribution is -2.12. The lowest BCUT2D eigenvalue weighted by atomic mass is 10.1. The molecule has 3 aromatic carbocycles. The van der Waals surface area contributed by atoms with E-state index in [2.05, 4.69) is 10.2 Å². The zero-order valence-corrected chi connectivity index (χ0v) is 18.1. The Labute approximate surface area is 184 Å². The predicted octanol–water partition coefficient (Wildman–Crippen LogP) is 3.86. The second kappa shape index (κ2) is 8.23. The molecule has 0 radical (unpaired) electrons. The molecule has 0 saturated heterocycles. The highest BCUT2D eigenvalue weighted by Gasteiger charge is 2.26. The van der Waals surface area contributed by atoms with Crippen LogP contribution in [0.15, 0.2) is 82.0 Å². The van der Waals surface area contributed by atoms with Gasteiger partial charge < -0.3 is 4.90 Å². The number of hydrogen-bond donors (Lipinski definition) is 0. The van der Waals surface area contributed by atoms with E-state index in [1.165, 1.54) is 43.0 Å². The van der Waals surface area contributed by atoms with Gasteiger partial charge in [-0.2, -0.15) is 5.10 Å². The topological polar surface area (TPSA) is 110 Å². The highest BCUT2D eigenvalue weighted by Crippen LogP contribution is 2.33. The van der Waals surface area contributed by atoms with Crippen LogP contribution in [0.5, 0.6) is 0 Å². The van der Waals surface area contributed by atoms with E-state index in [0.29, 0.717) is 5.39 Å². The maximum Gasteiger partial charge on any atom is 0.279 e. The van der Waals surface area contributed by atoms with Crippen molar-refractivity contribution < 1.29 is 13.3 Å². The van der Waals surface area contributed by atoms with Gasteiger partial charge in [-0.25, -0.2) is 12.4 Å². The van der Waals surface area contributed by atoms with E-state index in [1.54, 1.807) is 37.2 Å². The Bertz CT molecular complexity index is 1500. The summed E-state index contributed by atoms with van der Waals surface area (Å²) < 4.78 is 28.4. The van der Waals surface area contributed by atoms with Crippen LogP contribution < -0.4 is 0 Å². The number of nitrogens with zero attached hydrogens (tertiary/aromatic N) is 5. The summed E-state index contributed by atoms with van der Waals surface area (Å²) in [5.74, 6) is 0. The summed E-state index contributed by atoms with van der Waals surface area (Å²) in [7, 11) is -0.531. The predicted molar refractivity (Wildman–Crippen MR) is 125 cm³/mol. The SMILES string of the molecule is CN(C)/C=N/N=C/c1cn(S(=O)(=O)c2cccc3ccccc23)c2cccc([N+](=O)[O-])c12. The van der Waals surface area contributed by atoms with Crippen molar-refractivity contribution in [2.75, 3.05) is 14.1 Å². The van der Waals surface area contributed by atoms with Crippen LogP contribution in [0, 0.1) is 10.1 Å². The number of hydrogen-bond acceptors (Lipinski definition) is 6. The monoisotopic (exact) mass is 449 g/mol. The van der Waals surface area contributed by atoms with Crippen molar-refractivity contribution in [3.05, 3.63) is 82.5 Å². The molecule has 32 heavy (non-hydrogen) atoms. The zero-order chi connectivity index (χ0) is 22.9. The highest BCUT2D eigenvalue weighted by molar-refractivity contribution is 7.90. The Morgan fingerprint density at radius 3 is 2.47 bits per heavy atom. The van der Waals surface area contributed by atoms with Crippen molar-refractivity contribution >= 4 is 49.9 Å². The van der Waals surface area contributed by atoms with Gasteiger partial charge in [0, 0.05) is 37.3 Å². The fourth-order valence-corrected chi connectivity index (χ4v) is 5.06. The molecule has 4 aromatic rings. The van der Waals surface area contributed by atoms with Crippen LogP contribution in [0.3, 0.4) is 0 Å². The fraction of sp³-hybridized carbons (Fsp3) is 0.0909. The second-order valence-electron chi connectivity index (χ2n) is 7.23. The average Bonchev–Trinajstić information content (AvgIpc) is 3.15. The summed E-state index contributed by atoms with van der Waals surface area (Å²) in [5.41, 5.74) is 0.240. The second-order valence-corrected chi connectivity index (χ2v) is 9.01. The molecule has 0 aliphatic rings. The maximum absolute atomic E-state index is 13.7. The molecule has 0 amide bonds. The molecule has 0 aliphatic heterocycles. The minimum absolute atomic E-state index is 0.105. The summed E-state index contributed by atoms with van der Waals surface area (Å²) in [6.45, 7) is 0. The first kappa shape index (κ1) is 21.2. The Morgan fingerprint density at radius 1 is 1.00 bits per heavy atom. The van der Waals surface area contributed by atoms with Gasteiger partial charge in [0.05, 0.1) is 26.9 Å². The van der Waals surface area contributed by atoms with Crippen LogP contribution in [-0.2, 0) is 10.0 Å². The summed E-state index contributed by atoms with van der Waals surface area (Å²) in [5, 5.41) is 20.9. The van der Waals surface area contributed by atoms with Crippen LogP contribution in [0.1, 0.15) is 5.56 Å². The average molecular weight is 449 g/mol. The van der Waals surface area contributed by atoms with Gasteiger partial charge in [-0.1, -0.05) is 42.5 Å². The van der Waals surface area contributed by atoms with Crippen molar-refractivity contribution in [2.24, 2.45) is 10.2 Å². The molecule has 1 heterocycles. The summed E-state index contributed by atoms with van der Waals surface area (Å²) in [6.07, 6.45) is 4.10. The van der Waals surface area contributed by atoms with Crippen LogP contribution >= 0.6 is 0 Å². The van der Waals surface area contributed by atoms with E-state index in [0.717, 1.165) is 9.36 Å². The van der Waals surface area contributed by atoms with E-state index >= 15 is 0 Å². The van der Waals surface area contributed by atoms with Crippen LogP contribution in [0.2, 0.25) is 0 Å². The first-order valence-electron chi connectivity index (χ1n) is 9.55. The third kappa shape index (κ3) is 3.71. The van der Waals surface area contributed by atoms with Crippen molar-refractivity contribution in [3.8, 4) is 0 Å². The number of benzene rings is 3. The maximum atomic E-state index is 13.7. The molecular weight excluding hydrogens is 430 g/mol. The van der Waals surface area contributed by atoms with Crippen molar-refractivity contribution in [3.63, 3.8) is 0 Å². The van der Waals surface area contributed by atoms with E-state index in [-0.39, 0.29) is 27.0 Å². The summed E-state index contributed by atoms with van der Waals surface area (Å²) in [4.78, 5) is 12.9. The van der Waals surface area contributed by atoms with Gasteiger partial charge in [0.2, 0.25) is 0 Å². The van der Waals surface area contributed by atoms with E-state index in [1.807, 2.05) is 18.2 Å². The van der Waals surface area contributed by atoms with E-state index in [4.69, 9.17) is 0 Å². The highest BCUT2D eigenvalue weighted by atomic mass is 32.2. The largest absolute Gasteiger partial charge is 0.367 e. The molecule has 0 bridgehead atoms. The van der Waals surface area contributed by atoms with Crippen LogP contribution in [0.25, 0.3) is 21.7 Å². The Kier molecular flexibility index (Phi) is 5.45. The molecule has 0 atom stereocenters. The number of fused-ring (bicyclic) bond motifs is 2. The molecule has 0 unspecified atom stereocenters. The first-order valence-corrected chi connectivity index (χ1v) is 11.0. The minimum atomic E-state index is -4.07. The van der Waals surface area contributed by atoms with Crippen molar-refractivity contribution in [2.45, 2.75) is 4.90 Å². The van der Waals surface area contributed by atoms with Crippen molar-refractivity contribution in [1.29, 1.82) is 0 Å². The Hall–Kier alpha value is -4.05. The lowest BCUT2D eigenvalue weighted by molar-refractivity contribution is -0.383. The minimum Gasteiger partial charge on any atom is -0.367 e. The molecular formula is C22H19N5O4S. The molecule has 0 saturated carbocycles. The van der Waals surface area contributed by atoms with Gasteiger partial charge in [-0.3, -0.25) is 10.1 Å². The number of aromatic nitrogens is 1. The van der Waals surface area contributed by atoms with Gasteiger partial charge in [0.15, 0.2) is 0 Å². The van der Waals surface area contributed by atoms with Crippen molar-refractivity contribution in [1.82, 2.24) is 8.87 Å². The normalized spacial score (nSPS) is 12.3. The first-order chi connectivity index (χ1) is 15.3. The van der Waals surface area contributed by atoms with Gasteiger partial charge in [-0.15, -0.1) is 5.10 Å². The number of nitro groups is 1. The Morgan fingerprint density at radius 2 is 1.72 bits per heavy atom. The van der Waals surface area contributed by atoms with Crippen LogP contribution in [0.4, 0.5) is 5.69 Å². The molecule has 0 fully saturated rings. The van der Waals surface area contributed by atoms with Gasteiger partial charge in [0.1, 0.15) is 6.34 Å². The quantitative estimate of drug-likeness (QED) is 0.192. The molecule has 9 nitrogen and oxygen atoms in total. The lowest BCUT2D eigenvalue weighted by Gasteiger charge is -2.10. The molecule has 10 heteroatoms. The molecule has 1 aromatic heterocycles. The molecule has 162 valence electrons. The number of nitro benzene ring substituents is 1. The van der Waals surface area contributed by atoms with Gasteiger partial charge in [-0.05, 0) is 17.5 Å². The van der Waals surface area contributed by atoms with Gasteiger partial charge in [0.25, 0.3) is 15.7 Å². The number of non-ortho nitro benzene ring substituents is 1. The molecule has 4 rings (SSSR count). The summed E-state index contributed by atoms with van der Waals surface area (Å²) in [6, 6.07) is 16.5. The molecule has 0 aliphatic carbocycles. The third-order valence-electron chi connectivity index (χ3n) is 4.83. The third-order valence-corrected chi connectivity index (χ3v) is 6.56. The van der Waals surface area contributed by atoms with Gasteiger partial charge >= 0.3 is 0 Å². The fourth-order valence-electron chi connectivity index (χ4n) is 3.47. The van der Waals surface area contributed by atoms with E-state index in [9.17, 15) is 18.5 Å². The molecule has 0 N–H and O–H groups in total. The zero-order valence-electron chi connectivity index (χ0n) is 17.3. The molecule has 0 spiro atoms. The smallest absolute Gasteiger partial charge is 0.279 e. The van der Waals surface area contributed by atoms with E-state index < -0.39 is 14.9 Å². The standard InChI is InChI=1S/C22H19N5O4S/c1-25(2)15-24-23-13-17-14-26(19-10-6-11-20(22(17)19)27(28)29)32(30,31)21-12-5-8-16-7-3-4-9-18(16)21/h3-15H,1-2H3/b23-13+,24-15+. The van der Waals surface area contributed by atoms with Crippen LogP contribution in [-0.4, -0.2) is 48.9 Å². The number of rotatable bonds is 6.